The van der Waals surface area contributed by atoms with Crippen molar-refractivity contribution in [2.45, 2.75) is 84.0 Å². The number of carboxylic acids is 1. The molecule has 0 saturated carbocycles. The molecule has 2 nitrogen and oxygen atoms in total. The van der Waals surface area contributed by atoms with Crippen LogP contribution in [0.1, 0.15) is 84.0 Å². The Bertz CT molecular complexity index is 267. The Morgan fingerprint density at radius 2 is 1.25 bits per heavy atom. The molecular weight excluding hydrogens is 248 g/mol. The van der Waals surface area contributed by atoms with Gasteiger partial charge in [-0.3, -0.25) is 4.79 Å². The third kappa shape index (κ3) is 16.9. The molecule has 0 aromatic carbocycles. The van der Waals surface area contributed by atoms with Crippen LogP contribution in [-0.4, -0.2) is 11.1 Å². The molecule has 0 fully saturated rings. The molecule has 0 spiro atoms. The number of allylic oxidation sites excluding steroid dienone is 4. The zero-order valence-electron chi connectivity index (χ0n) is 13.2. The Balaban J connectivity index is 3.07. The van der Waals surface area contributed by atoms with Gasteiger partial charge in [0, 0.05) is 6.42 Å². The Morgan fingerprint density at radius 3 is 1.85 bits per heavy atom. The zero-order chi connectivity index (χ0) is 14.9. The predicted molar refractivity (Wildman–Crippen MR) is 87.0 cm³/mol. The van der Waals surface area contributed by atoms with Gasteiger partial charge in [0.15, 0.2) is 0 Å². The fraction of sp³-hybridized carbons (Fsp3) is 0.722. The van der Waals surface area contributed by atoms with Crippen molar-refractivity contribution in [2.24, 2.45) is 0 Å². The number of unbranched alkanes of at least 4 members (excludes halogenated alkanes) is 9. The molecule has 0 aliphatic carbocycles. The number of aliphatic carboxylic acids is 1. The first-order valence-corrected chi connectivity index (χ1v) is 8.25. The van der Waals surface area contributed by atoms with Gasteiger partial charge in [0.2, 0.25) is 0 Å². The van der Waals surface area contributed by atoms with Crippen molar-refractivity contribution in [1.29, 1.82) is 0 Å². The van der Waals surface area contributed by atoms with Gasteiger partial charge in [-0.2, -0.15) is 0 Å². The van der Waals surface area contributed by atoms with Gasteiger partial charge in [-0.05, 0) is 39.0 Å². The van der Waals surface area contributed by atoms with Crippen LogP contribution >= 0.6 is 0 Å². The molecule has 0 aromatic heterocycles. The summed E-state index contributed by atoms with van der Waals surface area (Å²) in [6.07, 6.45) is 22.4. The highest BCUT2D eigenvalue weighted by Crippen LogP contribution is 2.11. The molecule has 20 heavy (non-hydrogen) atoms. The van der Waals surface area contributed by atoms with Gasteiger partial charge in [0.25, 0.3) is 0 Å². The second kappa shape index (κ2) is 16.0. The molecule has 0 heterocycles. The van der Waals surface area contributed by atoms with Gasteiger partial charge in [0.05, 0.1) is 0 Å². The summed E-state index contributed by atoms with van der Waals surface area (Å²) < 4.78 is 0. The van der Waals surface area contributed by atoms with Crippen LogP contribution in [0.3, 0.4) is 0 Å². The molecule has 0 aliphatic heterocycles. The molecular formula is C18H32O2. The Kier molecular flexibility index (Phi) is 15.2. The third-order valence-corrected chi connectivity index (χ3v) is 3.41. The van der Waals surface area contributed by atoms with Gasteiger partial charge in [-0.1, -0.05) is 62.8 Å². The van der Waals surface area contributed by atoms with Crippen LogP contribution < -0.4 is 0 Å². The number of rotatable bonds is 14. The van der Waals surface area contributed by atoms with E-state index in [0.717, 1.165) is 19.3 Å². The van der Waals surface area contributed by atoms with E-state index in [1.54, 1.807) is 0 Å². The van der Waals surface area contributed by atoms with E-state index in [9.17, 15) is 4.79 Å². The van der Waals surface area contributed by atoms with Gasteiger partial charge in [-0.15, -0.1) is 0 Å². The first-order valence-electron chi connectivity index (χ1n) is 8.25. The van der Waals surface area contributed by atoms with Crippen molar-refractivity contribution in [1.82, 2.24) is 0 Å². The van der Waals surface area contributed by atoms with Crippen molar-refractivity contribution < 1.29 is 9.90 Å². The van der Waals surface area contributed by atoms with Gasteiger partial charge in [-0.25, -0.2) is 0 Å². The van der Waals surface area contributed by atoms with Crippen molar-refractivity contribution in [3.05, 3.63) is 24.3 Å². The van der Waals surface area contributed by atoms with Crippen LogP contribution in [-0.2, 0) is 4.79 Å². The van der Waals surface area contributed by atoms with Crippen molar-refractivity contribution >= 4 is 5.97 Å². The molecule has 0 radical (unpaired) electrons. The first kappa shape index (κ1) is 18.9. The van der Waals surface area contributed by atoms with E-state index in [-0.39, 0.29) is 0 Å². The van der Waals surface area contributed by atoms with Crippen LogP contribution in [0.15, 0.2) is 24.3 Å². The lowest BCUT2D eigenvalue weighted by atomic mass is 10.1. The molecule has 0 aliphatic rings. The molecule has 2 heteroatoms. The second-order valence-electron chi connectivity index (χ2n) is 5.38. The van der Waals surface area contributed by atoms with Crippen LogP contribution in [0.4, 0.5) is 0 Å². The molecule has 116 valence electrons. The number of carboxylic acid groups (broad SMARTS) is 1. The lowest BCUT2D eigenvalue weighted by Gasteiger charge is -2.00. The minimum atomic E-state index is -0.663. The smallest absolute Gasteiger partial charge is 0.303 e. The highest BCUT2D eigenvalue weighted by atomic mass is 16.4. The fourth-order valence-electron chi connectivity index (χ4n) is 2.19. The summed E-state index contributed by atoms with van der Waals surface area (Å²) in [4.78, 5) is 10.3. The van der Waals surface area contributed by atoms with Crippen LogP contribution in [0.5, 0.6) is 0 Å². The van der Waals surface area contributed by atoms with Crippen LogP contribution in [0.2, 0.25) is 0 Å². The SMILES string of the molecule is C/C=C/CC/C=C/CCCCCCCCCCC(=O)O. The molecule has 0 rings (SSSR count). The lowest BCUT2D eigenvalue weighted by Crippen LogP contribution is -1.93. The molecule has 0 atom stereocenters. The van der Waals surface area contributed by atoms with Gasteiger partial charge < -0.3 is 5.11 Å². The standard InChI is InChI=1S/C18H32O2/c1-2-3-4-5-6-7-8-9-10-11-12-13-14-15-16-17-18(19)20/h2-3,6-7H,4-5,8-17H2,1H3,(H,19,20)/b3-2+,7-6+. The maximum Gasteiger partial charge on any atom is 0.303 e. The lowest BCUT2D eigenvalue weighted by molar-refractivity contribution is -0.137. The normalized spacial score (nSPS) is 11.7. The summed E-state index contributed by atoms with van der Waals surface area (Å²) in [5, 5.41) is 8.51. The molecule has 0 saturated heterocycles. The third-order valence-electron chi connectivity index (χ3n) is 3.41. The number of hydrogen-bond acceptors (Lipinski definition) is 1. The van der Waals surface area contributed by atoms with E-state index in [0.29, 0.717) is 6.42 Å². The largest absolute Gasteiger partial charge is 0.481 e. The minimum Gasteiger partial charge on any atom is -0.481 e. The van der Waals surface area contributed by atoms with E-state index >= 15 is 0 Å². The zero-order valence-corrected chi connectivity index (χ0v) is 13.2. The fourth-order valence-corrected chi connectivity index (χ4v) is 2.19. The summed E-state index contributed by atoms with van der Waals surface area (Å²) in [5.41, 5.74) is 0. The van der Waals surface area contributed by atoms with Crippen molar-refractivity contribution in [3.63, 3.8) is 0 Å². The summed E-state index contributed by atoms with van der Waals surface area (Å²) in [5.74, 6) is -0.663. The Labute approximate surface area is 125 Å². The van der Waals surface area contributed by atoms with Crippen LogP contribution in [0.25, 0.3) is 0 Å². The summed E-state index contributed by atoms with van der Waals surface area (Å²) in [6, 6.07) is 0. The quantitative estimate of drug-likeness (QED) is 0.318. The van der Waals surface area contributed by atoms with Crippen LogP contribution in [0, 0.1) is 0 Å². The topological polar surface area (TPSA) is 37.3 Å². The highest BCUT2D eigenvalue weighted by Gasteiger charge is 1.96. The monoisotopic (exact) mass is 280 g/mol. The van der Waals surface area contributed by atoms with E-state index in [1.165, 1.54) is 51.4 Å². The molecule has 0 bridgehead atoms. The van der Waals surface area contributed by atoms with E-state index in [2.05, 4.69) is 31.2 Å². The van der Waals surface area contributed by atoms with E-state index in [1.807, 2.05) is 0 Å². The van der Waals surface area contributed by atoms with Crippen molar-refractivity contribution in [2.75, 3.05) is 0 Å². The summed E-state index contributed by atoms with van der Waals surface area (Å²) in [7, 11) is 0. The van der Waals surface area contributed by atoms with E-state index < -0.39 is 5.97 Å². The van der Waals surface area contributed by atoms with E-state index in [4.69, 9.17) is 5.11 Å². The molecule has 0 amide bonds. The highest BCUT2D eigenvalue weighted by molar-refractivity contribution is 5.66. The van der Waals surface area contributed by atoms with Gasteiger partial charge >= 0.3 is 5.97 Å². The summed E-state index contributed by atoms with van der Waals surface area (Å²) >= 11 is 0. The van der Waals surface area contributed by atoms with Crippen molar-refractivity contribution in [3.8, 4) is 0 Å². The maximum absolute atomic E-state index is 10.3. The minimum absolute atomic E-state index is 0.334. The Morgan fingerprint density at radius 1 is 0.750 bits per heavy atom. The van der Waals surface area contributed by atoms with Gasteiger partial charge in [0.1, 0.15) is 0 Å². The predicted octanol–water partition coefficient (Wildman–Crippen LogP) is 5.88. The maximum atomic E-state index is 10.3. The Hall–Kier alpha value is -1.05. The summed E-state index contributed by atoms with van der Waals surface area (Å²) in [6.45, 7) is 2.07. The second-order valence-corrected chi connectivity index (χ2v) is 5.38. The average Bonchev–Trinajstić information content (AvgIpc) is 2.43. The molecule has 0 unspecified atom stereocenters. The molecule has 1 N–H and O–H groups in total. The first-order chi connectivity index (χ1) is 9.77. The average molecular weight is 280 g/mol. The number of carbonyl (C=O) groups is 1. The number of hydrogen-bond donors (Lipinski definition) is 1. The molecule has 0 aromatic rings.